The summed E-state index contributed by atoms with van der Waals surface area (Å²) in [5.74, 6) is 0.883. The number of carbonyl (C=O) groups excluding carboxylic acids is 1. The average molecular weight is 397 g/mol. The van der Waals surface area contributed by atoms with E-state index in [2.05, 4.69) is 20.6 Å². The van der Waals surface area contributed by atoms with E-state index in [0.717, 1.165) is 22.6 Å². The fourth-order valence-electron chi connectivity index (χ4n) is 2.65. The first kappa shape index (κ1) is 19.6. The summed E-state index contributed by atoms with van der Waals surface area (Å²) >= 11 is 6.14. The van der Waals surface area contributed by atoms with E-state index in [0.29, 0.717) is 29.6 Å². The van der Waals surface area contributed by atoms with Gasteiger partial charge in [0.05, 0.1) is 7.11 Å². The van der Waals surface area contributed by atoms with Crippen LogP contribution in [0.3, 0.4) is 0 Å². The molecule has 0 aliphatic carbocycles. The lowest BCUT2D eigenvalue weighted by Crippen LogP contribution is -2.26. The molecule has 0 spiro atoms. The molecule has 144 valence electrons. The second-order valence-corrected chi connectivity index (χ2v) is 6.57. The number of ether oxygens (including phenoxy) is 1. The van der Waals surface area contributed by atoms with Crippen LogP contribution in [0, 0.1) is 6.92 Å². The molecule has 0 bridgehead atoms. The first-order valence-electron chi connectivity index (χ1n) is 8.83. The summed E-state index contributed by atoms with van der Waals surface area (Å²) in [5, 5.41) is 6.63. The monoisotopic (exact) mass is 396 g/mol. The number of nitrogens with zero attached hydrogens (tertiary/aromatic N) is 2. The third-order valence-corrected chi connectivity index (χ3v) is 4.65. The number of amides is 1. The van der Waals surface area contributed by atoms with Gasteiger partial charge in [-0.1, -0.05) is 29.8 Å². The summed E-state index contributed by atoms with van der Waals surface area (Å²) in [5.41, 5.74) is 3.06. The Bertz CT molecular complexity index is 978. The molecule has 0 unspecified atom stereocenters. The fourth-order valence-corrected chi connectivity index (χ4v) is 2.82. The van der Waals surface area contributed by atoms with Crippen molar-refractivity contribution in [1.29, 1.82) is 0 Å². The van der Waals surface area contributed by atoms with Crippen LogP contribution in [0.25, 0.3) is 0 Å². The first-order valence-corrected chi connectivity index (χ1v) is 9.21. The number of anilines is 2. The molecule has 1 heterocycles. The van der Waals surface area contributed by atoms with E-state index < -0.39 is 0 Å². The normalized spacial score (nSPS) is 10.4. The van der Waals surface area contributed by atoms with Crippen molar-refractivity contribution in [2.75, 3.05) is 19.0 Å². The summed E-state index contributed by atoms with van der Waals surface area (Å²) in [6.45, 7) is 2.39. The van der Waals surface area contributed by atoms with E-state index in [4.69, 9.17) is 16.3 Å². The van der Waals surface area contributed by atoms with Gasteiger partial charge in [0.1, 0.15) is 11.4 Å². The van der Waals surface area contributed by atoms with Gasteiger partial charge < -0.3 is 15.4 Å². The van der Waals surface area contributed by atoms with Gasteiger partial charge in [-0.15, -0.1) is 0 Å². The Labute approximate surface area is 168 Å². The molecular weight excluding hydrogens is 376 g/mol. The minimum Gasteiger partial charge on any atom is -0.497 e. The van der Waals surface area contributed by atoms with Gasteiger partial charge in [0, 0.05) is 23.5 Å². The lowest BCUT2D eigenvalue weighted by atomic mass is 10.1. The Morgan fingerprint density at radius 2 is 2.00 bits per heavy atom. The smallest absolute Gasteiger partial charge is 0.270 e. The van der Waals surface area contributed by atoms with Gasteiger partial charge in [-0.05, 0) is 54.8 Å². The van der Waals surface area contributed by atoms with Crippen molar-refractivity contribution in [2.45, 2.75) is 13.3 Å². The summed E-state index contributed by atoms with van der Waals surface area (Å²) in [4.78, 5) is 20.9. The van der Waals surface area contributed by atoms with Gasteiger partial charge in [0.2, 0.25) is 5.95 Å². The number of nitrogens with one attached hydrogen (secondary N) is 2. The number of hydrogen-bond acceptors (Lipinski definition) is 5. The number of hydrogen-bond donors (Lipinski definition) is 2. The molecule has 0 saturated carbocycles. The van der Waals surface area contributed by atoms with Gasteiger partial charge in [0.15, 0.2) is 0 Å². The third-order valence-electron chi connectivity index (χ3n) is 4.24. The van der Waals surface area contributed by atoms with E-state index in [-0.39, 0.29) is 5.91 Å². The van der Waals surface area contributed by atoms with Gasteiger partial charge in [0.25, 0.3) is 5.91 Å². The highest BCUT2D eigenvalue weighted by Crippen LogP contribution is 2.24. The minimum absolute atomic E-state index is 0.254. The maximum Gasteiger partial charge on any atom is 0.270 e. The number of halogens is 1. The van der Waals surface area contributed by atoms with Crippen LogP contribution >= 0.6 is 11.6 Å². The second kappa shape index (κ2) is 9.19. The predicted molar refractivity (Wildman–Crippen MR) is 111 cm³/mol. The van der Waals surface area contributed by atoms with E-state index in [1.54, 1.807) is 19.4 Å². The molecule has 0 saturated heterocycles. The molecule has 0 aliphatic rings. The molecule has 3 rings (SSSR count). The van der Waals surface area contributed by atoms with Crippen molar-refractivity contribution in [2.24, 2.45) is 0 Å². The van der Waals surface area contributed by atoms with Crippen molar-refractivity contribution >= 4 is 29.1 Å². The molecule has 7 heteroatoms. The van der Waals surface area contributed by atoms with Crippen LogP contribution in [0.15, 0.2) is 54.7 Å². The molecule has 0 atom stereocenters. The zero-order valence-corrected chi connectivity index (χ0v) is 16.5. The van der Waals surface area contributed by atoms with E-state index >= 15 is 0 Å². The molecular formula is C21H21ClN4O2. The van der Waals surface area contributed by atoms with Crippen LogP contribution in [0.2, 0.25) is 5.02 Å². The zero-order valence-electron chi connectivity index (χ0n) is 15.7. The summed E-state index contributed by atoms with van der Waals surface area (Å²) < 4.78 is 5.21. The van der Waals surface area contributed by atoms with Crippen molar-refractivity contribution in [3.8, 4) is 5.75 Å². The Hall–Kier alpha value is -3.12. The Morgan fingerprint density at radius 3 is 2.82 bits per heavy atom. The number of methoxy groups -OCH3 is 1. The van der Waals surface area contributed by atoms with Crippen molar-refractivity contribution in [3.05, 3.63) is 76.6 Å². The van der Waals surface area contributed by atoms with Crippen molar-refractivity contribution in [1.82, 2.24) is 15.3 Å². The topological polar surface area (TPSA) is 76.1 Å². The molecule has 0 aliphatic heterocycles. The molecule has 28 heavy (non-hydrogen) atoms. The Balaban J connectivity index is 1.61. The van der Waals surface area contributed by atoms with Crippen LogP contribution in [-0.4, -0.2) is 29.5 Å². The number of aromatic nitrogens is 2. The van der Waals surface area contributed by atoms with Crippen LogP contribution in [0.4, 0.5) is 11.6 Å². The van der Waals surface area contributed by atoms with E-state index in [1.807, 2.05) is 49.4 Å². The zero-order chi connectivity index (χ0) is 19.9. The molecule has 0 fully saturated rings. The number of carbonyl (C=O) groups is 1. The molecule has 6 nitrogen and oxygen atoms in total. The maximum atomic E-state index is 12.4. The molecule has 2 aromatic carbocycles. The standard InChI is InChI=1S/C21H21ClN4O2/c1-14-17(22)7-4-8-18(14)25-21-24-12-10-19(26-21)20(27)23-11-9-15-5-3-6-16(13-15)28-2/h3-8,10,12-13H,9,11H2,1-2H3,(H,23,27)(H,24,25,26). The highest BCUT2D eigenvalue weighted by atomic mass is 35.5. The highest BCUT2D eigenvalue weighted by molar-refractivity contribution is 6.31. The average Bonchev–Trinajstić information content (AvgIpc) is 2.72. The lowest BCUT2D eigenvalue weighted by Gasteiger charge is -2.10. The third kappa shape index (κ3) is 4.98. The van der Waals surface area contributed by atoms with Gasteiger partial charge >= 0.3 is 0 Å². The van der Waals surface area contributed by atoms with Gasteiger partial charge in [-0.25, -0.2) is 9.97 Å². The predicted octanol–water partition coefficient (Wildman–Crippen LogP) is 4.16. The Kier molecular flexibility index (Phi) is 6.45. The number of benzene rings is 2. The largest absolute Gasteiger partial charge is 0.497 e. The molecule has 1 amide bonds. The molecule has 1 aromatic heterocycles. The summed E-state index contributed by atoms with van der Waals surface area (Å²) in [6.07, 6.45) is 2.24. The summed E-state index contributed by atoms with van der Waals surface area (Å²) in [6, 6.07) is 14.9. The van der Waals surface area contributed by atoms with Gasteiger partial charge in [-0.3, -0.25) is 4.79 Å². The SMILES string of the molecule is COc1cccc(CCNC(=O)c2ccnc(Nc3cccc(Cl)c3C)n2)c1. The quantitative estimate of drug-likeness (QED) is 0.627. The molecule has 0 radical (unpaired) electrons. The first-order chi connectivity index (χ1) is 13.6. The number of rotatable bonds is 7. The second-order valence-electron chi connectivity index (χ2n) is 6.16. The molecule has 3 aromatic rings. The van der Waals surface area contributed by atoms with Crippen molar-refractivity contribution in [3.63, 3.8) is 0 Å². The lowest BCUT2D eigenvalue weighted by molar-refractivity contribution is 0.0949. The molecule has 2 N–H and O–H groups in total. The van der Waals surface area contributed by atoms with Crippen LogP contribution in [0.1, 0.15) is 21.6 Å². The van der Waals surface area contributed by atoms with Crippen LogP contribution in [0.5, 0.6) is 5.75 Å². The van der Waals surface area contributed by atoms with E-state index in [9.17, 15) is 4.79 Å². The fraction of sp³-hybridized carbons (Fsp3) is 0.190. The van der Waals surface area contributed by atoms with Gasteiger partial charge in [-0.2, -0.15) is 0 Å². The Morgan fingerprint density at radius 1 is 1.18 bits per heavy atom. The van der Waals surface area contributed by atoms with Crippen LogP contribution in [-0.2, 0) is 6.42 Å². The maximum absolute atomic E-state index is 12.4. The van der Waals surface area contributed by atoms with Crippen molar-refractivity contribution < 1.29 is 9.53 Å². The minimum atomic E-state index is -0.254. The van der Waals surface area contributed by atoms with Crippen LogP contribution < -0.4 is 15.4 Å². The highest BCUT2D eigenvalue weighted by Gasteiger charge is 2.10. The summed E-state index contributed by atoms with van der Waals surface area (Å²) in [7, 11) is 1.63. The van der Waals surface area contributed by atoms with E-state index in [1.165, 1.54) is 0 Å².